The molecule has 1 aromatic rings. The third-order valence-electron chi connectivity index (χ3n) is 3.87. The molecule has 0 saturated heterocycles. The summed E-state index contributed by atoms with van der Waals surface area (Å²) in [6, 6.07) is 8.18. The van der Waals surface area contributed by atoms with Crippen molar-refractivity contribution in [2.75, 3.05) is 0 Å². The minimum Gasteiger partial charge on any atom is -0.508 e. The molecule has 5 heteroatoms. The number of aliphatic hydroxyl groups is 1. The normalized spacial score (nSPS) is 21.9. The number of benzene rings is 1. The summed E-state index contributed by atoms with van der Waals surface area (Å²) in [5, 5.41) is 18.5. The zero-order valence-corrected chi connectivity index (χ0v) is 12.6. The first-order chi connectivity index (χ1) is 10.9. The van der Waals surface area contributed by atoms with E-state index in [2.05, 4.69) is 0 Å². The van der Waals surface area contributed by atoms with Crippen LogP contribution in [-0.2, 0) is 9.59 Å². The lowest BCUT2D eigenvalue weighted by molar-refractivity contribution is -0.139. The lowest BCUT2D eigenvalue weighted by Crippen LogP contribution is -2.40. The van der Waals surface area contributed by atoms with E-state index in [1.807, 2.05) is 30.3 Å². The standard InChI is InChI=1S/C18H19NO4/c19-15(17(22)23)12-18(10-8-14(20)9-11-18)16(21)7-6-13-4-2-1-3-5-13/h1-10,15,20H,11-12,19H2,(H,22,23)/t15-,18?/m0/s1. The Balaban J connectivity index is 2.23. The van der Waals surface area contributed by atoms with Gasteiger partial charge in [0.25, 0.3) is 0 Å². The van der Waals surface area contributed by atoms with Crippen molar-refractivity contribution in [2.45, 2.75) is 18.9 Å². The molecule has 0 fully saturated rings. The number of carbonyl (C=O) groups is 2. The Labute approximate surface area is 134 Å². The van der Waals surface area contributed by atoms with Gasteiger partial charge in [0.05, 0.1) is 5.41 Å². The monoisotopic (exact) mass is 313 g/mol. The Bertz CT molecular complexity index is 676. The van der Waals surface area contributed by atoms with Gasteiger partial charge in [0.2, 0.25) is 0 Å². The number of allylic oxidation sites excluding steroid dienone is 4. The summed E-state index contributed by atoms with van der Waals surface area (Å²) in [4.78, 5) is 23.7. The fourth-order valence-electron chi connectivity index (χ4n) is 2.48. The van der Waals surface area contributed by atoms with Gasteiger partial charge >= 0.3 is 5.97 Å². The van der Waals surface area contributed by atoms with Gasteiger partial charge < -0.3 is 15.9 Å². The fraction of sp³-hybridized carbons (Fsp3) is 0.222. The first kappa shape index (κ1) is 16.7. The maximum atomic E-state index is 12.7. The van der Waals surface area contributed by atoms with Crippen molar-refractivity contribution in [3.63, 3.8) is 0 Å². The summed E-state index contributed by atoms with van der Waals surface area (Å²) in [6.45, 7) is 0. The van der Waals surface area contributed by atoms with Crippen LogP contribution in [0.5, 0.6) is 0 Å². The SMILES string of the molecule is N[C@@H](CC1(C(=O)C=Cc2ccccc2)C=CC(O)=CC1)C(=O)O. The molecule has 0 aromatic heterocycles. The molecule has 2 rings (SSSR count). The van der Waals surface area contributed by atoms with E-state index in [4.69, 9.17) is 10.8 Å². The van der Waals surface area contributed by atoms with Crippen molar-refractivity contribution in [3.05, 3.63) is 66.0 Å². The summed E-state index contributed by atoms with van der Waals surface area (Å²) in [5.41, 5.74) is 5.44. The topological polar surface area (TPSA) is 101 Å². The van der Waals surface area contributed by atoms with Crippen molar-refractivity contribution in [1.82, 2.24) is 0 Å². The van der Waals surface area contributed by atoms with Crippen LogP contribution in [0.2, 0.25) is 0 Å². The molecule has 0 amide bonds. The van der Waals surface area contributed by atoms with Gasteiger partial charge in [0.15, 0.2) is 5.78 Å². The van der Waals surface area contributed by atoms with Crippen LogP contribution in [0.3, 0.4) is 0 Å². The van der Waals surface area contributed by atoms with Gasteiger partial charge in [0, 0.05) is 0 Å². The summed E-state index contributed by atoms with van der Waals surface area (Å²) in [6.07, 6.45) is 7.76. The van der Waals surface area contributed by atoms with E-state index in [1.165, 1.54) is 18.2 Å². The molecule has 1 unspecified atom stereocenters. The molecular weight excluding hydrogens is 294 g/mol. The smallest absolute Gasteiger partial charge is 0.320 e. The number of nitrogens with two attached hydrogens (primary N) is 1. The van der Waals surface area contributed by atoms with E-state index >= 15 is 0 Å². The summed E-state index contributed by atoms with van der Waals surface area (Å²) >= 11 is 0. The molecule has 1 aliphatic rings. The van der Waals surface area contributed by atoms with Gasteiger partial charge in [-0.25, -0.2) is 0 Å². The van der Waals surface area contributed by atoms with Gasteiger partial charge in [-0.1, -0.05) is 42.5 Å². The molecule has 120 valence electrons. The van der Waals surface area contributed by atoms with Crippen LogP contribution in [0.25, 0.3) is 6.08 Å². The number of carboxylic acids is 1. The van der Waals surface area contributed by atoms with E-state index in [1.54, 1.807) is 12.2 Å². The minimum absolute atomic E-state index is 0.0272. The number of ketones is 1. The van der Waals surface area contributed by atoms with Crippen molar-refractivity contribution < 1.29 is 19.8 Å². The predicted octanol–water partition coefficient (Wildman–Crippen LogP) is 2.46. The van der Waals surface area contributed by atoms with Crippen LogP contribution in [0, 0.1) is 5.41 Å². The molecule has 2 atom stereocenters. The number of rotatable bonds is 6. The van der Waals surface area contributed by atoms with Gasteiger partial charge in [-0.2, -0.15) is 0 Å². The van der Waals surface area contributed by atoms with Gasteiger partial charge in [-0.05, 0) is 36.6 Å². The van der Waals surface area contributed by atoms with Gasteiger partial charge in [-0.15, -0.1) is 0 Å². The van der Waals surface area contributed by atoms with Crippen LogP contribution in [0.4, 0.5) is 0 Å². The highest BCUT2D eigenvalue weighted by Gasteiger charge is 2.38. The number of hydrogen-bond acceptors (Lipinski definition) is 4. The Morgan fingerprint density at radius 3 is 2.57 bits per heavy atom. The van der Waals surface area contributed by atoms with E-state index < -0.39 is 17.4 Å². The lowest BCUT2D eigenvalue weighted by atomic mass is 9.72. The van der Waals surface area contributed by atoms with Crippen LogP contribution < -0.4 is 5.73 Å². The quantitative estimate of drug-likeness (QED) is 0.700. The fourth-order valence-corrected chi connectivity index (χ4v) is 2.48. The highest BCUT2D eigenvalue weighted by atomic mass is 16.4. The molecule has 0 spiro atoms. The molecule has 23 heavy (non-hydrogen) atoms. The Morgan fingerprint density at radius 1 is 1.30 bits per heavy atom. The highest BCUT2D eigenvalue weighted by molar-refractivity contribution is 6.00. The van der Waals surface area contributed by atoms with Crippen LogP contribution >= 0.6 is 0 Å². The van der Waals surface area contributed by atoms with Crippen LogP contribution in [0.15, 0.2) is 60.4 Å². The van der Waals surface area contributed by atoms with Crippen molar-refractivity contribution >= 4 is 17.8 Å². The van der Waals surface area contributed by atoms with E-state index in [9.17, 15) is 14.7 Å². The number of hydrogen-bond donors (Lipinski definition) is 3. The minimum atomic E-state index is -1.16. The van der Waals surface area contributed by atoms with E-state index in [0.717, 1.165) is 5.56 Å². The molecule has 1 aliphatic carbocycles. The Kier molecular flexibility index (Phi) is 5.13. The molecule has 0 saturated carbocycles. The largest absolute Gasteiger partial charge is 0.508 e. The number of carboxylic acid groups (broad SMARTS) is 1. The molecule has 0 heterocycles. The molecule has 5 nitrogen and oxygen atoms in total. The number of carbonyl (C=O) groups excluding carboxylic acids is 1. The summed E-state index contributed by atoms with van der Waals surface area (Å²) < 4.78 is 0. The third kappa shape index (κ3) is 4.17. The molecule has 0 aliphatic heterocycles. The lowest BCUT2D eigenvalue weighted by Gasteiger charge is -2.30. The summed E-state index contributed by atoms with van der Waals surface area (Å²) in [5.74, 6) is -1.33. The van der Waals surface area contributed by atoms with Gasteiger partial charge in [0.1, 0.15) is 11.8 Å². The van der Waals surface area contributed by atoms with Crippen LogP contribution in [0.1, 0.15) is 18.4 Å². The molecule has 0 bridgehead atoms. The third-order valence-corrected chi connectivity index (χ3v) is 3.87. The second-order valence-corrected chi connectivity index (χ2v) is 5.58. The Morgan fingerprint density at radius 2 is 2.00 bits per heavy atom. The molecular formula is C18H19NO4. The maximum absolute atomic E-state index is 12.7. The van der Waals surface area contributed by atoms with E-state index in [-0.39, 0.29) is 24.4 Å². The summed E-state index contributed by atoms with van der Waals surface area (Å²) in [7, 11) is 0. The van der Waals surface area contributed by atoms with Crippen molar-refractivity contribution in [3.8, 4) is 0 Å². The predicted molar refractivity (Wildman–Crippen MR) is 87.6 cm³/mol. The van der Waals surface area contributed by atoms with Gasteiger partial charge in [-0.3, -0.25) is 9.59 Å². The molecule has 4 N–H and O–H groups in total. The van der Waals surface area contributed by atoms with Crippen molar-refractivity contribution in [1.29, 1.82) is 0 Å². The van der Waals surface area contributed by atoms with E-state index in [0.29, 0.717) is 0 Å². The highest BCUT2D eigenvalue weighted by Crippen LogP contribution is 2.36. The first-order valence-corrected chi connectivity index (χ1v) is 7.27. The first-order valence-electron chi connectivity index (χ1n) is 7.27. The second-order valence-electron chi connectivity index (χ2n) is 5.58. The molecule has 0 radical (unpaired) electrons. The Hall–Kier alpha value is -2.66. The zero-order chi connectivity index (χ0) is 16.9. The van der Waals surface area contributed by atoms with Crippen molar-refractivity contribution in [2.24, 2.45) is 11.1 Å². The zero-order valence-electron chi connectivity index (χ0n) is 12.6. The number of aliphatic carboxylic acids is 1. The van der Waals surface area contributed by atoms with Crippen LogP contribution in [-0.4, -0.2) is 28.0 Å². The maximum Gasteiger partial charge on any atom is 0.320 e. The average molecular weight is 313 g/mol. The molecule has 1 aromatic carbocycles. The number of aliphatic hydroxyl groups excluding tert-OH is 1. The second kappa shape index (κ2) is 7.07. The average Bonchev–Trinajstić information content (AvgIpc) is 2.55.